The van der Waals surface area contributed by atoms with Gasteiger partial charge in [0.1, 0.15) is 0 Å². The molecule has 1 aliphatic heterocycles. The van der Waals surface area contributed by atoms with Gasteiger partial charge in [0.2, 0.25) is 5.91 Å². The molecule has 104 valence electrons. The molecule has 0 spiro atoms. The van der Waals surface area contributed by atoms with Crippen LogP contribution in [0.4, 0.5) is 17.1 Å². The van der Waals surface area contributed by atoms with Crippen molar-refractivity contribution in [1.29, 1.82) is 0 Å². The van der Waals surface area contributed by atoms with Gasteiger partial charge in [-0.3, -0.25) is 4.79 Å². The van der Waals surface area contributed by atoms with Crippen molar-refractivity contribution in [3.05, 3.63) is 17.7 Å². The minimum absolute atomic E-state index is 0.0537. The van der Waals surface area contributed by atoms with Crippen LogP contribution in [0.25, 0.3) is 0 Å². The second kappa shape index (κ2) is 5.93. The molecule has 0 fully saturated rings. The van der Waals surface area contributed by atoms with Crippen molar-refractivity contribution < 1.29 is 9.53 Å². The van der Waals surface area contributed by atoms with Crippen molar-refractivity contribution in [1.82, 2.24) is 0 Å². The number of hydrogen-bond donors (Lipinski definition) is 3. The molecule has 19 heavy (non-hydrogen) atoms. The van der Waals surface area contributed by atoms with Gasteiger partial charge >= 0.3 is 0 Å². The van der Waals surface area contributed by atoms with E-state index in [0.717, 1.165) is 23.4 Å². The number of carbonyl (C=O) groups excluding carboxylic acids is 1. The van der Waals surface area contributed by atoms with Crippen LogP contribution in [0.5, 0.6) is 0 Å². The van der Waals surface area contributed by atoms with Gasteiger partial charge in [0.25, 0.3) is 0 Å². The van der Waals surface area contributed by atoms with E-state index in [1.807, 2.05) is 26.0 Å². The van der Waals surface area contributed by atoms with Crippen LogP contribution >= 0.6 is 0 Å². The van der Waals surface area contributed by atoms with Crippen LogP contribution in [0, 0.1) is 0 Å². The van der Waals surface area contributed by atoms with Crippen LogP contribution in [0.3, 0.4) is 0 Å². The third-order valence-corrected chi connectivity index (χ3v) is 3.04. The molecule has 5 heteroatoms. The van der Waals surface area contributed by atoms with Crippen molar-refractivity contribution in [2.45, 2.75) is 32.8 Å². The van der Waals surface area contributed by atoms with Gasteiger partial charge in [0, 0.05) is 18.7 Å². The van der Waals surface area contributed by atoms with Gasteiger partial charge in [0.15, 0.2) is 0 Å². The number of aryl methyl sites for hydroxylation is 1. The van der Waals surface area contributed by atoms with Crippen molar-refractivity contribution in [3.63, 3.8) is 0 Å². The maximum atomic E-state index is 11.3. The van der Waals surface area contributed by atoms with Crippen molar-refractivity contribution in [3.8, 4) is 0 Å². The summed E-state index contributed by atoms with van der Waals surface area (Å²) in [6.07, 6.45) is 1.53. The summed E-state index contributed by atoms with van der Waals surface area (Å²) in [5.74, 6) is 0.0537. The molecule has 0 aliphatic carbocycles. The Labute approximate surface area is 113 Å². The zero-order chi connectivity index (χ0) is 13.8. The molecule has 0 saturated heterocycles. The highest BCUT2D eigenvalue weighted by Gasteiger charge is 2.16. The van der Waals surface area contributed by atoms with Crippen LogP contribution in [-0.4, -0.2) is 25.2 Å². The fourth-order valence-electron chi connectivity index (χ4n) is 2.08. The summed E-state index contributed by atoms with van der Waals surface area (Å²) in [7, 11) is 0. The van der Waals surface area contributed by atoms with E-state index in [-0.39, 0.29) is 12.0 Å². The Kier molecular flexibility index (Phi) is 4.27. The first-order chi connectivity index (χ1) is 9.06. The number of carbonyl (C=O) groups is 1. The van der Waals surface area contributed by atoms with Gasteiger partial charge in [-0.1, -0.05) is 0 Å². The highest BCUT2D eigenvalue weighted by atomic mass is 16.5. The van der Waals surface area contributed by atoms with Crippen LogP contribution in [0.15, 0.2) is 12.1 Å². The standard InChI is InChI=1S/C14H21N3O2/c1-9(2)19-6-5-16-13-7-10-3-4-14(18)17-12(10)8-11(13)15/h7-9,16H,3-6,15H2,1-2H3,(H,17,18). The number of nitrogen functional groups attached to an aromatic ring is 1. The molecule has 1 aromatic rings. The van der Waals surface area contributed by atoms with Gasteiger partial charge in [-0.2, -0.15) is 0 Å². The summed E-state index contributed by atoms with van der Waals surface area (Å²) < 4.78 is 5.47. The Morgan fingerprint density at radius 2 is 2.21 bits per heavy atom. The SMILES string of the molecule is CC(C)OCCNc1cc2c(cc1N)NC(=O)CC2. The number of anilines is 3. The molecule has 0 unspecified atom stereocenters. The van der Waals surface area contributed by atoms with Crippen molar-refractivity contribution >= 4 is 23.0 Å². The zero-order valence-corrected chi connectivity index (χ0v) is 11.5. The van der Waals surface area contributed by atoms with Crippen molar-refractivity contribution in [2.24, 2.45) is 0 Å². The number of benzene rings is 1. The summed E-state index contributed by atoms with van der Waals surface area (Å²) in [6.45, 7) is 5.38. The maximum absolute atomic E-state index is 11.3. The molecule has 4 N–H and O–H groups in total. The number of ether oxygens (including phenoxy) is 1. The van der Waals surface area contributed by atoms with Crippen LogP contribution in [-0.2, 0) is 16.0 Å². The van der Waals surface area contributed by atoms with Crippen LogP contribution in [0.1, 0.15) is 25.8 Å². The van der Waals surface area contributed by atoms with E-state index in [2.05, 4.69) is 10.6 Å². The van der Waals surface area contributed by atoms with E-state index in [0.29, 0.717) is 25.3 Å². The number of nitrogens with two attached hydrogens (primary N) is 1. The van der Waals surface area contributed by atoms with Gasteiger partial charge in [-0.05, 0) is 38.0 Å². The number of hydrogen-bond acceptors (Lipinski definition) is 4. The van der Waals surface area contributed by atoms with E-state index >= 15 is 0 Å². The largest absolute Gasteiger partial charge is 0.397 e. The molecule has 0 radical (unpaired) electrons. The molecule has 1 heterocycles. The first kappa shape index (κ1) is 13.7. The van der Waals surface area contributed by atoms with E-state index < -0.39 is 0 Å². The minimum Gasteiger partial charge on any atom is -0.397 e. The van der Waals surface area contributed by atoms with Crippen LogP contribution < -0.4 is 16.4 Å². The maximum Gasteiger partial charge on any atom is 0.224 e. The first-order valence-electron chi connectivity index (χ1n) is 6.64. The zero-order valence-electron chi connectivity index (χ0n) is 11.5. The predicted octanol–water partition coefficient (Wildman–Crippen LogP) is 1.99. The lowest BCUT2D eigenvalue weighted by Gasteiger charge is -2.20. The fourth-order valence-corrected chi connectivity index (χ4v) is 2.08. The molecule has 0 atom stereocenters. The first-order valence-corrected chi connectivity index (χ1v) is 6.64. The Morgan fingerprint density at radius 3 is 2.95 bits per heavy atom. The summed E-state index contributed by atoms with van der Waals surface area (Å²) in [6, 6.07) is 3.83. The molecular weight excluding hydrogens is 242 g/mol. The van der Waals surface area contributed by atoms with Crippen LogP contribution in [0.2, 0.25) is 0 Å². The second-order valence-electron chi connectivity index (χ2n) is 4.99. The second-order valence-corrected chi connectivity index (χ2v) is 4.99. The summed E-state index contributed by atoms with van der Waals surface area (Å²) in [5.41, 5.74) is 9.48. The highest BCUT2D eigenvalue weighted by molar-refractivity contribution is 5.95. The molecule has 1 aromatic carbocycles. The minimum atomic E-state index is 0.0537. The Hall–Kier alpha value is -1.75. The lowest BCUT2D eigenvalue weighted by Crippen LogP contribution is -2.20. The van der Waals surface area contributed by atoms with E-state index in [1.165, 1.54) is 0 Å². The Balaban J connectivity index is 2.00. The topological polar surface area (TPSA) is 76.4 Å². The Morgan fingerprint density at radius 1 is 1.42 bits per heavy atom. The number of nitrogens with one attached hydrogen (secondary N) is 2. The van der Waals surface area contributed by atoms with E-state index in [4.69, 9.17) is 10.5 Å². The third-order valence-electron chi connectivity index (χ3n) is 3.04. The lowest BCUT2D eigenvalue weighted by atomic mass is 10.0. The summed E-state index contributed by atoms with van der Waals surface area (Å²) >= 11 is 0. The van der Waals surface area contributed by atoms with Gasteiger partial charge in [-0.15, -0.1) is 0 Å². The number of fused-ring (bicyclic) bond motifs is 1. The van der Waals surface area contributed by atoms with Crippen molar-refractivity contribution in [2.75, 3.05) is 29.5 Å². The quantitative estimate of drug-likeness (QED) is 0.561. The normalized spacial score (nSPS) is 14.2. The van der Waals surface area contributed by atoms with E-state index in [1.54, 1.807) is 0 Å². The fraction of sp³-hybridized carbons (Fsp3) is 0.500. The third kappa shape index (κ3) is 3.61. The molecule has 2 rings (SSSR count). The smallest absolute Gasteiger partial charge is 0.224 e. The molecule has 1 amide bonds. The lowest BCUT2D eigenvalue weighted by molar-refractivity contribution is -0.116. The number of amides is 1. The summed E-state index contributed by atoms with van der Waals surface area (Å²) in [5, 5.41) is 6.11. The Bertz CT molecular complexity index is 472. The average Bonchev–Trinajstić information content (AvgIpc) is 2.34. The predicted molar refractivity (Wildman–Crippen MR) is 77.4 cm³/mol. The molecular formula is C14H21N3O2. The number of rotatable bonds is 5. The molecule has 0 saturated carbocycles. The molecule has 5 nitrogen and oxygen atoms in total. The molecule has 0 aromatic heterocycles. The van der Waals surface area contributed by atoms with Gasteiger partial charge in [-0.25, -0.2) is 0 Å². The van der Waals surface area contributed by atoms with Gasteiger partial charge < -0.3 is 21.1 Å². The molecule has 0 bridgehead atoms. The molecule has 1 aliphatic rings. The summed E-state index contributed by atoms with van der Waals surface area (Å²) in [4.78, 5) is 11.3. The highest BCUT2D eigenvalue weighted by Crippen LogP contribution is 2.30. The monoisotopic (exact) mass is 263 g/mol. The van der Waals surface area contributed by atoms with E-state index in [9.17, 15) is 4.79 Å². The average molecular weight is 263 g/mol. The van der Waals surface area contributed by atoms with Gasteiger partial charge in [0.05, 0.1) is 24.1 Å².